The van der Waals surface area contributed by atoms with Gasteiger partial charge in [0.05, 0.1) is 21.8 Å². The zero-order valence-electron chi connectivity index (χ0n) is 7.22. The van der Waals surface area contributed by atoms with Crippen molar-refractivity contribution in [1.29, 1.82) is 0 Å². The fourth-order valence-electron chi connectivity index (χ4n) is 1.02. The molecule has 0 aliphatic rings. The minimum atomic E-state index is -0.0373. The molecule has 4 heteroatoms. The van der Waals surface area contributed by atoms with E-state index in [2.05, 4.69) is 16.9 Å². The van der Waals surface area contributed by atoms with Gasteiger partial charge in [-0.05, 0) is 13.1 Å². The molecular formula is C9H10Cl2N2. The molecule has 2 nitrogen and oxygen atoms in total. The van der Waals surface area contributed by atoms with Gasteiger partial charge in [0, 0.05) is 6.20 Å². The lowest BCUT2D eigenvalue weighted by molar-refractivity contribution is 0.694. The highest BCUT2D eigenvalue weighted by Crippen LogP contribution is 2.23. The van der Waals surface area contributed by atoms with Crippen molar-refractivity contribution in [3.8, 4) is 0 Å². The Balaban J connectivity index is 3.06. The maximum absolute atomic E-state index is 5.95. The summed E-state index contributed by atoms with van der Waals surface area (Å²) in [5, 5.41) is 4.10. The lowest BCUT2D eigenvalue weighted by Crippen LogP contribution is -2.15. The second-order valence-corrected chi connectivity index (χ2v) is 3.37. The van der Waals surface area contributed by atoms with E-state index in [9.17, 15) is 0 Å². The van der Waals surface area contributed by atoms with Gasteiger partial charge in [-0.2, -0.15) is 0 Å². The average Bonchev–Trinajstić information content (AvgIpc) is 2.10. The second kappa shape index (κ2) is 4.61. The number of nitrogens with zero attached hydrogens (tertiary/aromatic N) is 1. The normalized spacial score (nSPS) is 12.5. The van der Waals surface area contributed by atoms with Crippen LogP contribution in [-0.4, -0.2) is 12.0 Å². The molecule has 0 fully saturated rings. The Bertz CT molecular complexity index is 312. The number of hydrogen-bond acceptors (Lipinski definition) is 2. The van der Waals surface area contributed by atoms with Gasteiger partial charge in [-0.3, -0.25) is 4.98 Å². The largest absolute Gasteiger partial charge is 0.308 e. The van der Waals surface area contributed by atoms with E-state index in [0.717, 1.165) is 5.69 Å². The van der Waals surface area contributed by atoms with Crippen LogP contribution in [0.5, 0.6) is 0 Å². The van der Waals surface area contributed by atoms with Crippen LogP contribution in [0.25, 0.3) is 0 Å². The number of hydrogen-bond donors (Lipinski definition) is 1. The van der Waals surface area contributed by atoms with Crippen LogP contribution in [0.2, 0.25) is 10.0 Å². The highest BCUT2D eigenvalue weighted by molar-refractivity contribution is 6.34. The molecule has 0 aliphatic heterocycles. The number of pyridine rings is 1. The second-order valence-electron chi connectivity index (χ2n) is 2.52. The maximum Gasteiger partial charge on any atom is 0.0799 e. The van der Waals surface area contributed by atoms with Gasteiger partial charge in [0.2, 0.25) is 0 Å². The lowest BCUT2D eigenvalue weighted by atomic mass is 10.2. The van der Waals surface area contributed by atoms with Crippen LogP contribution in [0.3, 0.4) is 0 Å². The topological polar surface area (TPSA) is 24.9 Å². The first kappa shape index (κ1) is 10.5. The number of halogens is 2. The summed E-state index contributed by atoms with van der Waals surface area (Å²) in [5.41, 5.74) is 0.739. The molecule has 0 spiro atoms. The van der Waals surface area contributed by atoms with Gasteiger partial charge in [0.25, 0.3) is 0 Å². The van der Waals surface area contributed by atoms with Gasteiger partial charge in [0.15, 0.2) is 0 Å². The number of aromatic nitrogens is 1. The third kappa shape index (κ3) is 2.44. The van der Waals surface area contributed by atoms with Gasteiger partial charge in [0.1, 0.15) is 0 Å². The predicted octanol–water partition coefficient (Wildman–Crippen LogP) is 2.83. The molecule has 1 atom stereocenters. The Kier molecular flexibility index (Phi) is 3.72. The van der Waals surface area contributed by atoms with Crippen LogP contribution in [0, 0.1) is 0 Å². The van der Waals surface area contributed by atoms with E-state index in [4.69, 9.17) is 23.2 Å². The van der Waals surface area contributed by atoms with Crippen molar-refractivity contribution >= 4 is 23.2 Å². The van der Waals surface area contributed by atoms with Crippen LogP contribution in [0.4, 0.5) is 0 Å². The highest BCUT2D eigenvalue weighted by atomic mass is 35.5. The lowest BCUT2D eigenvalue weighted by Gasteiger charge is -2.11. The molecule has 0 aromatic carbocycles. The first-order valence-electron chi connectivity index (χ1n) is 3.79. The molecule has 70 valence electrons. The molecule has 1 aromatic rings. The highest BCUT2D eigenvalue weighted by Gasteiger charge is 2.10. The smallest absolute Gasteiger partial charge is 0.0799 e. The number of nitrogens with one attached hydrogen (secondary N) is 1. The third-order valence-corrected chi connectivity index (χ3v) is 2.19. The first-order chi connectivity index (χ1) is 6.19. The van der Waals surface area contributed by atoms with Crippen molar-refractivity contribution < 1.29 is 0 Å². The Labute approximate surface area is 87.6 Å². The summed E-state index contributed by atoms with van der Waals surface area (Å²) in [6, 6.07) is 1.63. The molecule has 13 heavy (non-hydrogen) atoms. The Morgan fingerprint density at radius 3 is 2.77 bits per heavy atom. The summed E-state index contributed by atoms with van der Waals surface area (Å²) in [6.07, 6.45) is 3.30. The molecule has 0 aliphatic carbocycles. The predicted molar refractivity (Wildman–Crippen MR) is 56.3 cm³/mol. The van der Waals surface area contributed by atoms with Crippen LogP contribution in [-0.2, 0) is 0 Å². The monoisotopic (exact) mass is 216 g/mol. The third-order valence-electron chi connectivity index (χ3n) is 1.68. The zero-order valence-corrected chi connectivity index (χ0v) is 8.73. The Morgan fingerprint density at radius 1 is 1.62 bits per heavy atom. The van der Waals surface area contributed by atoms with Gasteiger partial charge < -0.3 is 5.32 Å². The van der Waals surface area contributed by atoms with E-state index in [1.807, 2.05) is 7.05 Å². The molecule has 0 saturated heterocycles. The van der Waals surface area contributed by atoms with Gasteiger partial charge in [-0.25, -0.2) is 0 Å². The van der Waals surface area contributed by atoms with Crippen molar-refractivity contribution in [1.82, 2.24) is 10.3 Å². The van der Waals surface area contributed by atoms with E-state index in [-0.39, 0.29) is 6.04 Å². The zero-order chi connectivity index (χ0) is 9.84. The van der Waals surface area contributed by atoms with E-state index in [1.165, 1.54) is 0 Å². The number of rotatable bonds is 3. The summed E-state index contributed by atoms with van der Waals surface area (Å²) in [4.78, 5) is 4.12. The van der Waals surface area contributed by atoms with Crippen LogP contribution >= 0.6 is 23.2 Å². The first-order valence-corrected chi connectivity index (χ1v) is 4.55. The standard InChI is InChI=1S/C9H10Cl2N2/c1-3-8(12-2)9-7(11)4-6(10)5-13-9/h3-5,8,12H,1H2,2H3. The van der Waals surface area contributed by atoms with E-state index in [1.54, 1.807) is 18.3 Å². The van der Waals surface area contributed by atoms with Crippen molar-refractivity contribution in [2.75, 3.05) is 7.05 Å². The van der Waals surface area contributed by atoms with E-state index >= 15 is 0 Å². The van der Waals surface area contributed by atoms with Gasteiger partial charge in [-0.15, -0.1) is 6.58 Å². The minimum absolute atomic E-state index is 0.0373. The van der Waals surface area contributed by atoms with Gasteiger partial charge >= 0.3 is 0 Å². The van der Waals surface area contributed by atoms with Crippen molar-refractivity contribution in [3.05, 3.63) is 40.7 Å². The summed E-state index contributed by atoms with van der Waals surface area (Å²) in [5.74, 6) is 0. The molecule has 1 heterocycles. The van der Waals surface area contributed by atoms with Crippen molar-refractivity contribution in [3.63, 3.8) is 0 Å². The average molecular weight is 217 g/mol. The molecule has 1 aromatic heterocycles. The quantitative estimate of drug-likeness (QED) is 0.787. The Hall–Kier alpha value is -0.570. The van der Waals surface area contributed by atoms with E-state index < -0.39 is 0 Å². The fourth-order valence-corrected chi connectivity index (χ4v) is 1.52. The maximum atomic E-state index is 5.95. The van der Waals surface area contributed by atoms with Crippen LogP contribution < -0.4 is 5.32 Å². The minimum Gasteiger partial charge on any atom is -0.308 e. The molecule has 0 radical (unpaired) electrons. The summed E-state index contributed by atoms with van der Waals surface area (Å²) < 4.78 is 0. The fraction of sp³-hybridized carbons (Fsp3) is 0.222. The summed E-state index contributed by atoms with van der Waals surface area (Å²) >= 11 is 11.7. The van der Waals surface area contributed by atoms with E-state index in [0.29, 0.717) is 10.0 Å². The molecular weight excluding hydrogens is 207 g/mol. The Morgan fingerprint density at radius 2 is 2.31 bits per heavy atom. The molecule has 1 unspecified atom stereocenters. The number of likely N-dealkylation sites (N-methyl/N-ethyl adjacent to an activating group) is 1. The summed E-state index contributed by atoms with van der Waals surface area (Å²) in [6.45, 7) is 3.68. The molecule has 1 N–H and O–H groups in total. The van der Waals surface area contributed by atoms with Crippen molar-refractivity contribution in [2.45, 2.75) is 6.04 Å². The molecule has 0 amide bonds. The van der Waals surface area contributed by atoms with Gasteiger partial charge in [-0.1, -0.05) is 29.3 Å². The molecule has 0 saturated carbocycles. The summed E-state index contributed by atoms with van der Waals surface area (Å²) in [7, 11) is 1.82. The molecule has 1 rings (SSSR count). The van der Waals surface area contributed by atoms with Crippen LogP contribution in [0.15, 0.2) is 24.9 Å². The van der Waals surface area contributed by atoms with Crippen molar-refractivity contribution in [2.24, 2.45) is 0 Å². The molecule has 0 bridgehead atoms. The SMILES string of the molecule is C=CC(NC)c1ncc(Cl)cc1Cl. The van der Waals surface area contributed by atoms with Crippen LogP contribution in [0.1, 0.15) is 11.7 Å².